The van der Waals surface area contributed by atoms with E-state index in [0.29, 0.717) is 16.1 Å². The number of nitro groups is 1. The molecule has 3 aromatic carbocycles. The van der Waals surface area contributed by atoms with Crippen molar-refractivity contribution in [1.29, 1.82) is 0 Å². The minimum atomic E-state index is -0.724. The van der Waals surface area contributed by atoms with Gasteiger partial charge in [-0.3, -0.25) is 14.9 Å². The molecule has 9 heteroatoms. The van der Waals surface area contributed by atoms with Gasteiger partial charge in [0.1, 0.15) is 5.75 Å². The Hall–Kier alpha value is -2.80. The maximum Gasteiger partial charge on any atom is 0.271 e. The third-order valence-corrected chi connectivity index (χ3v) is 4.68. The summed E-state index contributed by atoms with van der Waals surface area (Å²) in [5.41, 5.74) is 0.622. The van der Waals surface area contributed by atoms with E-state index in [1.807, 2.05) is 0 Å². The van der Waals surface area contributed by atoms with Crippen LogP contribution in [0.25, 0.3) is 11.1 Å². The number of hydrogen-bond acceptors (Lipinski definition) is 4. The fourth-order valence-electron chi connectivity index (χ4n) is 2.53. The van der Waals surface area contributed by atoms with E-state index in [0.717, 1.165) is 6.07 Å². The van der Waals surface area contributed by atoms with Crippen LogP contribution in [-0.2, 0) is 0 Å². The Labute approximate surface area is 174 Å². The number of hydrogen-bond donors (Lipinski definition) is 2. The van der Waals surface area contributed by atoms with E-state index in [1.165, 1.54) is 24.3 Å². The minimum Gasteiger partial charge on any atom is -0.506 e. The van der Waals surface area contributed by atoms with E-state index in [1.54, 1.807) is 24.3 Å². The van der Waals surface area contributed by atoms with E-state index in [4.69, 9.17) is 34.8 Å². The number of carbonyl (C=O) groups excluding carboxylic acids is 1. The highest BCUT2D eigenvalue weighted by Gasteiger charge is 2.19. The summed E-state index contributed by atoms with van der Waals surface area (Å²) in [6.07, 6.45) is 0. The van der Waals surface area contributed by atoms with Gasteiger partial charge in [0.05, 0.1) is 21.2 Å². The summed E-state index contributed by atoms with van der Waals surface area (Å²) < 4.78 is 0. The highest BCUT2D eigenvalue weighted by atomic mass is 35.5. The first-order chi connectivity index (χ1) is 13.3. The Morgan fingerprint density at radius 1 is 0.964 bits per heavy atom. The molecule has 0 radical (unpaired) electrons. The molecule has 0 saturated heterocycles. The van der Waals surface area contributed by atoms with Crippen LogP contribution >= 0.6 is 34.8 Å². The van der Waals surface area contributed by atoms with E-state index in [2.05, 4.69) is 5.32 Å². The van der Waals surface area contributed by atoms with E-state index in [9.17, 15) is 20.0 Å². The minimum absolute atomic E-state index is 0.0354. The van der Waals surface area contributed by atoms with E-state index < -0.39 is 10.8 Å². The molecule has 0 atom stereocenters. The third-order valence-electron chi connectivity index (χ3n) is 3.88. The number of phenols is 1. The summed E-state index contributed by atoms with van der Waals surface area (Å²) in [6.45, 7) is 0. The number of nitro benzene ring substituents is 1. The standard InChI is InChI=1S/C19H11Cl3N2O4/c20-11-3-1-10(2-4-11)14-7-12(21)8-15(18(14)25)19(26)23-17-9-13(24(27)28)5-6-16(17)22/h1-9,25H,(H,23,26). The Balaban J connectivity index is 2.00. The first-order valence-corrected chi connectivity index (χ1v) is 8.93. The summed E-state index contributed by atoms with van der Waals surface area (Å²) in [5.74, 6) is -1.02. The number of rotatable bonds is 4. The van der Waals surface area contributed by atoms with Crippen molar-refractivity contribution >= 4 is 52.1 Å². The van der Waals surface area contributed by atoms with Gasteiger partial charge in [-0.15, -0.1) is 0 Å². The number of non-ortho nitro benzene ring substituents is 1. The van der Waals surface area contributed by atoms with Gasteiger partial charge >= 0.3 is 0 Å². The summed E-state index contributed by atoms with van der Waals surface area (Å²) >= 11 is 18.0. The van der Waals surface area contributed by atoms with Crippen molar-refractivity contribution in [2.75, 3.05) is 5.32 Å². The Morgan fingerprint density at radius 2 is 1.64 bits per heavy atom. The van der Waals surface area contributed by atoms with Crippen LogP contribution in [0.2, 0.25) is 15.1 Å². The van der Waals surface area contributed by atoms with Crippen LogP contribution in [0, 0.1) is 10.1 Å². The van der Waals surface area contributed by atoms with Crippen molar-refractivity contribution in [1.82, 2.24) is 0 Å². The quantitative estimate of drug-likeness (QED) is 0.376. The van der Waals surface area contributed by atoms with Crippen LogP contribution in [0.4, 0.5) is 11.4 Å². The Kier molecular flexibility index (Phi) is 5.74. The molecule has 0 fully saturated rings. The first-order valence-electron chi connectivity index (χ1n) is 7.80. The molecule has 0 saturated carbocycles. The van der Waals surface area contributed by atoms with Crippen molar-refractivity contribution in [2.24, 2.45) is 0 Å². The molecular formula is C19H11Cl3N2O4. The van der Waals surface area contributed by atoms with Crippen molar-refractivity contribution < 1.29 is 14.8 Å². The number of halogens is 3. The molecule has 0 bridgehead atoms. The van der Waals surface area contributed by atoms with Crippen molar-refractivity contribution in [3.8, 4) is 16.9 Å². The predicted octanol–water partition coefficient (Wildman–Crippen LogP) is 6.18. The van der Waals surface area contributed by atoms with Gasteiger partial charge in [-0.25, -0.2) is 0 Å². The molecule has 6 nitrogen and oxygen atoms in total. The van der Waals surface area contributed by atoms with Gasteiger partial charge in [-0.1, -0.05) is 46.9 Å². The van der Waals surface area contributed by atoms with Crippen LogP contribution < -0.4 is 5.32 Å². The summed E-state index contributed by atoms with van der Waals surface area (Å²) in [7, 11) is 0. The monoisotopic (exact) mass is 436 g/mol. The van der Waals surface area contributed by atoms with Crippen molar-refractivity contribution in [2.45, 2.75) is 0 Å². The predicted molar refractivity (Wildman–Crippen MR) is 110 cm³/mol. The third kappa shape index (κ3) is 4.20. The molecule has 28 heavy (non-hydrogen) atoms. The van der Waals surface area contributed by atoms with Gasteiger partial charge in [0.2, 0.25) is 0 Å². The van der Waals surface area contributed by atoms with E-state index in [-0.39, 0.29) is 32.7 Å². The zero-order chi connectivity index (χ0) is 20.4. The normalized spacial score (nSPS) is 10.5. The zero-order valence-corrected chi connectivity index (χ0v) is 16.2. The fourth-order valence-corrected chi connectivity index (χ4v) is 3.04. The molecule has 0 spiro atoms. The van der Waals surface area contributed by atoms with Crippen molar-refractivity contribution in [3.63, 3.8) is 0 Å². The van der Waals surface area contributed by atoms with Crippen molar-refractivity contribution in [3.05, 3.63) is 85.3 Å². The number of nitrogens with zero attached hydrogens (tertiary/aromatic N) is 1. The molecule has 0 aromatic heterocycles. The molecule has 1 amide bonds. The second kappa shape index (κ2) is 8.06. The number of amides is 1. The average Bonchev–Trinajstić information content (AvgIpc) is 2.65. The SMILES string of the molecule is O=C(Nc1cc([N+](=O)[O-])ccc1Cl)c1cc(Cl)cc(-c2ccc(Cl)cc2)c1O. The van der Waals surface area contributed by atoms with Gasteiger partial charge in [0.25, 0.3) is 11.6 Å². The molecule has 3 aromatic rings. The average molecular weight is 438 g/mol. The molecule has 0 aliphatic rings. The summed E-state index contributed by atoms with van der Waals surface area (Å²) in [5, 5.41) is 24.8. The summed E-state index contributed by atoms with van der Waals surface area (Å²) in [4.78, 5) is 23.0. The second-order valence-corrected chi connectivity index (χ2v) is 7.01. The number of nitrogens with one attached hydrogen (secondary N) is 1. The van der Waals surface area contributed by atoms with Gasteiger partial charge in [-0.2, -0.15) is 0 Å². The molecule has 142 valence electrons. The number of benzene rings is 3. The Morgan fingerprint density at radius 3 is 2.29 bits per heavy atom. The number of carbonyl (C=O) groups is 1. The van der Waals surface area contributed by atoms with Gasteiger partial charge in [0, 0.05) is 27.7 Å². The topological polar surface area (TPSA) is 92.5 Å². The highest BCUT2D eigenvalue weighted by molar-refractivity contribution is 6.34. The fraction of sp³-hybridized carbons (Fsp3) is 0. The van der Waals surface area contributed by atoms with Gasteiger partial charge in [0.15, 0.2) is 0 Å². The largest absolute Gasteiger partial charge is 0.506 e. The lowest BCUT2D eigenvalue weighted by Gasteiger charge is -2.12. The lowest BCUT2D eigenvalue weighted by molar-refractivity contribution is -0.384. The zero-order valence-electron chi connectivity index (χ0n) is 13.9. The smallest absolute Gasteiger partial charge is 0.271 e. The van der Waals surface area contributed by atoms with Crippen LogP contribution in [0.15, 0.2) is 54.6 Å². The van der Waals surface area contributed by atoms with Gasteiger partial charge < -0.3 is 10.4 Å². The molecule has 3 rings (SSSR count). The highest BCUT2D eigenvalue weighted by Crippen LogP contribution is 2.36. The van der Waals surface area contributed by atoms with Crippen LogP contribution in [0.5, 0.6) is 5.75 Å². The molecular weight excluding hydrogens is 427 g/mol. The molecule has 2 N–H and O–H groups in total. The van der Waals surface area contributed by atoms with Crippen LogP contribution in [0.3, 0.4) is 0 Å². The number of aromatic hydroxyl groups is 1. The van der Waals surface area contributed by atoms with Crippen LogP contribution in [0.1, 0.15) is 10.4 Å². The summed E-state index contributed by atoms with van der Waals surface area (Å²) in [6, 6.07) is 13.1. The number of anilines is 1. The maximum atomic E-state index is 12.7. The maximum absolute atomic E-state index is 12.7. The van der Waals surface area contributed by atoms with E-state index >= 15 is 0 Å². The first kappa shape index (κ1) is 19.9. The molecule has 0 unspecified atom stereocenters. The molecule has 0 heterocycles. The van der Waals surface area contributed by atoms with Crippen LogP contribution in [-0.4, -0.2) is 15.9 Å². The molecule has 0 aliphatic carbocycles. The molecule has 0 aliphatic heterocycles. The Bertz CT molecular complexity index is 1090. The lowest BCUT2D eigenvalue weighted by atomic mass is 10.0. The lowest BCUT2D eigenvalue weighted by Crippen LogP contribution is -2.13. The second-order valence-electron chi connectivity index (χ2n) is 5.73. The number of phenolic OH excluding ortho intramolecular Hbond substituents is 1. The van der Waals surface area contributed by atoms with Gasteiger partial charge in [-0.05, 0) is 35.9 Å².